The van der Waals surface area contributed by atoms with Gasteiger partial charge in [0.25, 0.3) is 5.91 Å². The number of alkyl halides is 1. The summed E-state index contributed by atoms with van der Waals surface area (Å²) in [4.78, 5) is 11.9. The van der Waals surface area contributed by atoms with E-state index in [0.717, 1.165) is 9.13 Å². The van der Waals surface area contributed by atoms with Crippen molar-refractivity contribution in [2.24, 2.45) is 5.92 Å². The van der Waals surface area contributed by atoms with Gasteiger partial charge in [-0.2, -0.15) is 0 Å². The molecule has 0 fully saturated rings. The molecule has 0 aromatic heterocycles. The second-order valence-corrected chi connectivity index (χ2v) is 5.34. The van der Waals surface area contributed by atoms with Crippen molar-refractivity contribution >= 4 is 40.1 Å². The van der Waals surface area contributed by atoms with Crippen LogP contribution < -0.4 is 5.32 Å². The van der Waals surface area contributed by atoms with Gasteiger partial charge >= 0.3 is 0 Å². The van der Waals surface area contributed by atoms with Gasteiger partial charge < -0.3 is 5.32 Å². The van der Waals surface area contributed by atoms with Gasteiger partial charge in [-0.25, -0.2) is 0 Å². The molecule has 1 N–H and O–H groups in total. The van der Waals surface area contributed by atoms with Crippen LogP contribution in [0.1, 0.15) is 24.2 Å². The first-order valence-corrected chi connectivity index (χ1v) is 6.79. The van der Waals surface area contributed by atoms with Crippen molar-refractivity contribution < 1.29 is 4.79 Å². The minimum absolute atomic E-state index is 0.0329. The van der Waals surface area contributed by atoms with E-state index in [0.29, 0.717) is 5.88 Å². The highest BCUT2D eigenvalue weighted by Gasteiger charge is 2.16. The minimum Gasteiger partial charge on any atom is -0.349 e. The van der Waals surface area contributed by atoms with Gasteiger partial charge in [0, 0.05) is 15.5 Å². The molecule has 2 nitrogen and oxygen atoms in total. The average Bonchev–Trinajstić information content (AvgIpc) is 2.28. The summed E-state index contributed by atoms with van der Waals surface area (Å²) in [5.74, 6) is 0.786. The van der Waals surface area contributed by atoms with Gasteiger partial charge in [-0.05, 0) is 47.6 Å². The molecule has 0 saturated carbocycles. The Labute approximate surface area is 115 Å². The lowest BCUT2D eigenvalue weighted by Crippen LogP contribution is -2.38. The zero-order chi connectivity index (χ0) is 12.1. The lowest BCUT2D eigenvalue weighted by atomic mass is 10.1. The van der Waals surface area contributed by atoms with Crippen molar-refractivity contribution in [1.82, 2.24) is 5.32 Å². The molecule has 0 bridgehead atoms. The maximum absolute atomic E-state index is 11.9. The molecule has 2 atom stereocenters. The van der Waals surface area contributed by atoms with E-state index in [1.807, 2.05) is 38.1 Å². The first-order valence-electron chi connectivity index (χ1n) is 5.17. The summed E-state index contributed by atoms with van der Waals surface area (Å²) in [7, 11) is 0. The van der Waals surface area contributed by atoms with Gasteiger partial charge in [0.1, 0.15) is 0 Å². The molecule has 0 heterocycles. The number of benzene rings is 1. The topological polar surface area (TPSA) is 29.1 Å². The fourth-order valence-electron chi connectivity index (χ4n) is 1.21. The highest BCUT2D eigenvalue weighted by molar-refractivity contribution is 14.1. The third kappa shape index (κ3) is 3.63. The van der Waals surface area contributed by atoms with E-state index >= 15 is 0 Å². The highest BCUT2D eigenvalue weighted by Crippen LogP contribution is 2.12. The molecule has 1 amide bonds. The first kappa shape index (κ1) is 13.8. The Morgan fingerprint density at radius 3 is 2.62 bits per heavy atom. The molecule has 0 aliphatic heterocycles. The molecule has 0 aliphatic rings. The number of carbonyl (C=O) groups is 1. The lowest BCUT2D eigenvalue weighted by molar-refractivity contribution is 0.0930. The van der Waals surface area contributed by atoms with E-state index in [1.165, 1.54) is 0 Å². The van der Waals surface area contributed by atoms with E-state index in [2.05, 4.69) is 27.9 Å². The number of rotatable bonds is 4. The van der Waals surface area contributed by atoms with E-state index in [1.54, 1.807) is 0 Å². The minimum atomic E-state index is -0.0329. The molecule has 0 radical (unpaired) electrons. The molecule has 16 heavy (non-hydrogen) atoms. The Morgan fingerprint density at radius 1 is 1.44 bits per heavy atom. The van der Waals surface area contributed by atoms with Crippen LogP contribution in [0.25, 0.3) is 0 Å². The third-order valence-electron chi connectivity index (χ3n) is 2.57. The fourth-order valence-corrected chi connectivity index (χ4v) is 2.11. The Hall–Kier alpha value is -0.290. The number of amides is 1. The summed E-state index contributed by atoms with van der Waals surface area (Å²) in [5.41, 5.74) is 0.719. The Bertz CT molecular complexity index is 370. The normalized spacial score (nSPS) is 14.2. The second-order valence-electron chi connectivity index (χ2n) is 3.87. The molecular formula is C12H15ClINO. The van der Waals surface area contributed by atoms with Crippen LogP contribution in [0.4, 0.5) is 0 Å². The predicted octanol–water partition coefficient (Wildman–Crippen LogP) is 3.28. The maximum atomic E-state index is 11.9. The predicted molar refractivity (Wildman–Crippen MR) is 76.0 cm³/mol. The van der Waals surface area contributed by atoms with Gasteiger partial charge in [-0.15, -0.1) is 11.6 Å². The SMILES string of the molecule is CC(CCl)C(C)NC(=O)c1ccccc1I. The zero-order valence-electron chi connectivity index (χ0n) is 9.34. The quantitative estimate of drug-likeness (QED) is 0.654. The van der Waals surface area contributed by atoms with Crippen LogP contribution >= 0.6 is 34.2 Å². The number of hydrogen-bond donors (Lipinski definition) is 1. The summed E-state index contributed by atoms with van der Waals surface area (Å²) >= 11 is 7.92. The molecule has 0 spiro atoms. The van der Waals surface area contributed by atoms with Crippen LogP contribution in [-0.2, 0) is 0 Å². The van der Waals surface area contributed by atoms with Gasteiger partial charge in [0.2, 0.25) is 0 Å². The Kier molecular flexibility index (Phi) is 5.55. The van der Waals surface area contributed by atoms with Crippen LogP contribution in [-0.4, -0.2) is 17.8 Å². The lowest BCUT2D eigenvalue weighted by Gasteiger charge is -2.19. The molecule has 0 aliphatic carbocycles. The fraction of sp³-hybridized carbons (Fsp3) is 0.417. The number of nitrogens with one attached hydrogen (secondary N) is 1. The van der Waals surface area contributed by atoms with Crippen molar-refractivity contribution in [1.29, 1.82) is 0 Å². The summed E-state index contributed by atoms with van der Waals surface area (Å²) < 4.78 is 0.961. The molecule has 88 valence electrons. The summed E-state index contributed by atoms with van der Waals surface area (Å²) in [5, 5.41) is 2.96. The van der Waals surface area contributed by atoms with Crippen LogP contribution in [0.2, 0.25) is 0 Å². The van der Waals surface area contributed by atoms with E-state index < -0.39 is 0 Å². The third-order valence-corrected chi connectivity index (χ3v) is 4.00. The average molecular weight is 352 g/mol. The van der Waals surface area contributed by atoms with Gasteiger partial charge in [-0.3, -0.25) is 4.79 Å². The number of hydrogen-bond acceptors (Lipinski definition) is 1. The maximum Gasteiger partial charge on any atom is 0.252 e. The first-order chi connectivity index (χ1) is 7.56. The smallest absolute Gasteiger partial charge is 0.252 e. The molecule has 2 unspecified atom stereocenters. The van der Waals surface area contributed by atoms with Crippen molar-refractivity contribution in [3.63, 3.8) is 0 Å². The Morgan fingerprint density at radius 2 is 2.06 bits per heavy atom. The molecule has 1 aromatic carbocycles. The number of halogens is 2. The zero-order valence-corrected chi connectivity index (χ0v) is 12.2. The second kappa shape index (κ2) is 6.45. The van der Waals surface area contributed by atoms with Crippen molar-refractivity contribution in [2.75, 3.05) is 5.88 Å². The summed E-state index contributed by atoms with van der Waals surface area (Å²) in [6.45, 7) is 3.99. The molecule has 4 heteroatoms. The molecule has 0 saturated heterocycles. The number of carbonyl (C=O) groups excluding carboxylic acids is 1. The van der Waals surface area contributed by atoms with Crippen molar-refractivity contribution in [3.05, 3.63) is 33.4 Å². The van der Waals surface area contributed by atoms with Gasteiger partial charge in [-0.1, -0.05) is 19.1 Å². The standard InChI is InChI=1S/C12H15ClINO/c1-8(7-13)9(2)15-12(16)10-5-3-4-6-11(10)14/h3-6,8-9H,7H2,1-2H3,(H,15,16). The van der Waals surface area contributed by atoms with Crippen molar-refractivity contribution in [3.8, 4) is 0 Å². The van der Waals surface area contributed by atoms with E-state index in [9.17, 15) is 4.79 Å². The van der Waals surface area contributed by atoms with E-state index in [4.69, 9.17) is 11.6 Å². The molecule has 1 aromatic rings. The van der Waals surface area contributed by atoms with Crippen LogP contribution in [0, 0.1) is 9.49 Å². The van der Waals surface area contributed by atoms with Crippen molar-refractivity contribution in [2.45, 2.75) is 19.9 Å². The van der Waals surface area contributed by atoms with Crippen LogP contribution in [0.5, 0.6) is 0 Å². The van der Waals surface area contributed by atoms with Gasteiger partial charge in [0.05, 0.1) is 5.56 Å². The largest absolute Gasteiger partial charge is 0.349 e. The molecule has 1 rings (SSSR count). The van der Waals surface area contributed by atoms with Crippen LogP contribution in [0.15, 0.2) is 24.3 Å². The van der Waals surface area contributed by atoms with Crippen LogP contribution in [0.3, 0.4) is 0 Å². The molecular weight excluding hydrogens is 336 g/mol. The summed E-state index contributed by atoms with van der Waals surface area (Å²) in [6.07, 6.45) is 0. The highest BCUT2D eigenvalue weighted by atomic mass is 127. The van der Waals surface area contributed by atoms with E-state index in [-0.39, 0.29) is 17.9 Å². The summed E-state index contributed by atoms with van der Waals surface area (Å²) in [6, 6.07) is 7.62. The monoisotopic (exact) mass is 351 g/mol. The van der Waals surface area contributed by atoms with Gasteiger partial charge in [0.15, 0.2) is 0 Å². The Balaban J connectivity index is 2.70.